The van der Waals surface area contributed by atoms with Crippen molar-refractivity contribution in [3.05, 3.63) is 46.8 Å². The highest BCUT2D eigenvalue weighted by molar-refractivity contribution is 7.84. The summed E-state index contributed by atoms with van der Waals surface area (Å²) >= 11 is 0. The molecule has 2 aromatic heterocycles. The standard InChI is InChI=1S/C17H18N3O3S/c1-10-7-18-15(11(2)16(10)23-3)9-24(22)17-19-13-5-4-12(8-21)6-14(13)20-17/h4-7,21H,8-9H2,1-3H3/q-1. The Kier molecular flexibility index (Phi) is 4.64. The minimum atomic E-state index is -1.41. The van der Waals surface area contributed by atoms with E-state index in [2.05, 4.69) is 15.0 Å². The van der Waals surface area contributed by atoms with Crippen LogP contribution in [0.5, 0.6) is 5.75 Å². The molecular weight excluding hydrogens is 326 g/mol. The first-order valence-electron chi connectivity index (χ1n) is 7.45. The lowest BCUT2D eigenvalue weighted by Crippen LogP contribution is -2.05. The third-order valence-corrected chi connectivity index (χ3v) is 5.00. The molecule has 2 heterocycles. The number of rotatable bonds is 5. The van der Waals surface area contributed by atoms with Crippen molar-refractivity contribution in [3.8, 4) is 5.75 Å². The number of hydrogen-bond donors (Lipinski definition) is 1. The van der Waals surface area contributed by atoms with Gasteiger partial charge >= 0.3 is 0 Å². The summed E-state index contributed by atoms with van der Waals surface area (Å²) in [5, 5.41) is 9.46. The van der Waals surface area contributed by atoms with E-state index in [1.807, 2.05) is 13.8 Å². The van der Waals surface area contributed by atoms with Gasteiger partial charge in [-0.05, 0) is 30.4 Å². The van der Waals surface area contributed by atoms with Crippen LogP contribution < -0.4 is 9.72 Å². The van der Waals surface area contributed by atoms with Crippen molar-refractivity contribution in [2.75, 3.05) is 7.11 Å². The zero-order chi connectivity index (χ0) is 17.3. The molecule has 3 rings (SSSR count). The molecule has 126 valence electrons. The summed E-state index contributed by atoms with van der Waals surface area (Å²) < 4.78 is 18.0. The highest BCUT2D eigenvalue weighted by Crippen LogP contribution is 2.25. The fraction of sp³-hybridized carbons (Fsp3) is 0.294. The van der Waals surface area contributed by atoms with Crippen LogP contribution in [0, 0.1) is 13.8 Å². The third-order valence-electron chi connectivity index (χ3n) is 3.88. The van der Waals surface area contributed by atoms with E-state index in [0.29, 0.717) is 16.7 Å². The predicted octanol–water partition coefficient (Wildman–Crippen LogP) is 2.01. The number of benzene rings is 1. The van der Waals surface area contributed by atoms with Crippen LogP contribution in [0.2, 0.25) is 0 Å². The molecular formula is C17H18N3O3S-. The Morgan fingerprint density at radius 2 is 2.12 bits per heavy atom. The van der Waals surface area contributed by atoms with E-state index in [4.69, 9.17) is 4.74 Å². The van der Waals surface area contributed by atoms with Gasteiger partial charge in [-0.3, -0.25) is 9.19 Å². The molecule has 0 fully saturated rings. The van der Waals surface area contributed by atoms with Gasteiger partial charge in [0, 0.05) is 22.5 Å². The summed E-state index contributed by atoms with van der Waals surface area (Å²) in [6, 6.07) is 5.30. The molecule has 3 aromatic rings. The Hall–Kier alpha value is -2.25. The minimum Gasteiger partial charge on any atom is -0.496 e. The molecule has 1 atom stereocenters. The Labute approximate surface area is 142 Å². The van der Waals surface area contributed by atoms with Crippen molar-refractivity contribution in [2.45, 2.75) is 31.4 Å². The molecule has 0 spiro atoms. The first-order valence-corrected chi connectivity index (χ1v) is 8.77. The summed E-state index contributed by atoms with van der Waals surface area (Å²) in [5.41, 5.74) is 4.58. The van der Waals surface area contributed by atoms with Gasteiger partial charge in [0.05, 0.1) is 36.0 Å². The van der Waals surface area contributed by atoms with E-state index >= 15 is 0 Å². The van der Waals surface area contributed by atoms with Gasteiger partial charge in [-0.15, -0.1) is 0 Å². The number of aliphatic hydroxyl groups is 1. The number of methoxy groups -OCH3 is 1. The molecule has 0 aliphatic rings. The number of aryl methyl sites for hydroxylation is 1. The smallest absolute Gasteiger partial charge is 0.128 e. The number of pyridine rings is 1. The van der Waals surface area contributed by atoms with Crippen molar-refractivity contribution in [3.63, 3.8) is 0 Å². The van der Waals surface area contributed by atoms with E-state index < -0.39 is 10.8 Å². The Balaban J connectivity index is 1.90. The van der Waals surface area contributed by atoms with E-state index in [1.165, 1.54) is 0 Å². The summed E-state index contributed by atoms with van der Waals surface area (Å²) in [6.07, 6.45) is 1.72. The molecule has 0 radical (unpaired) electrons. The number of ether oxygens (including phenoxy) is 1. The number of aromatic nitrogens is 3. The molecule has 24 heavy (non-hydrogen) atoms. The molecule has 1 N–H and O–H groups in total. The van der Waals surface area contributed by atoms with Crippen molar-refractivity contribution in [2.24, 2.45) is 0 Å². The maximum absolute atomic E-state index is 12.6. The quantitative estimate of drug-likeness (QED) is 0.762. The molecule has 7 heteroatoms. The maximum Gasteiger partial charge on any atom is 0.128 e. The molecule has 0 aliphatic heterocycles. The van der Waals surface area contributed by atoms with Gasteiger partial charge < -0.3 is 19.8 Å². The molecule has 0 aliphatic carbocycles. The van der Waals surface area contributed by atoms with Crippen LogP contribution in [-0.2, 0) is 23.2 Å². The Bertz CT molecular complexity index is 921. The van der Waals surface area contributed by atoms with Crippen LogP contribution >= 0.6 is 0 Å². The van der Waals surface area contributed by atoms with Gasteiger partial charge in [-0.25, -0.2) is 0 Å². The summed E-state index contributed by atoms with van der Waals surface area (Å²) in [7, 11) is 0.207. The second kappa shape index (κ2) is 6.70. The Morgan fingerprint density at radius 1 is 1.33 bits per heavy atom. The van der Waals surface area contributed by atoms with Gasteiger partial charge in [0.2, 0.25) is 0 Å². The van der Waals surface area contributed by atoms with E-state index in [9.17, 15) is 9.32 Å². The molecule has 1 unspecified atom stereocenters. The lowest BCUT2D eigenvalue weighted by Gasteiger charge is -2.12. The van der Waals surface area contributed by atoms with Gasteiger partial charge in [0.1, 0.15) is 5.75 Å². The first-order chi connectivity index (χ1) is 11.5. The van der Waals surface area contributed by atoms with Crippen LogP contribution in [-0.4, -0.2) is 26.4 Å². The van der Waals surface area contributed by atoms with Gasteiger partial charge in [-0.2, -0.15) is 0 Å². The summed E-state index contributed by atoms with van der Waals surface area (Å²) in [4.78, 5) is 13.0. The molecule has 0 saturated carbocycles. The number of hydrogen-bond acceptors (Lipinski definition) is 5. The molecule has 6 nitrogen and oxygen atoms in total. The molecule has 0 amide bonds. The van der Waals surface area contributed by atoms with Gasteiger partial charge in [-0.1, -0.05) is 18.2 Å². The van der Waals surface area contributed by atoms with Crippen molar-refractivity contribution in [1.82, 2.24) is 15.0 Å². The molecule has 0 saturated heterocycles. The zero-order valence-electron chi connectivity index (χ0n) is 13.7. The topological polar surface area (TPSA) is 86.4 Å². The van der Waals surface area contributed by atoms with Crippen LogP contribution in [0.25, 0.3) is 11.0 Å². The lowest BCUT2D eigenvalue weighted by atomic mass is 10.1. The normalized spacial score (nSPS) is 12.5. The monoisotopic (exact) mass is 344 g/mol. The number of nitrogens with zero attached hydrogens (tertiary/aromatic N) is 3. The van der Waals surface area contributed by atoms with Crippen molar-refractivity contribution in [1.29, 1.82) is 0 Å². The highest BCUT2D eigenvalue weighted by atomic mass is 32.2. The third kappa shape index (κ3) is 3.05. The average Bonchev–Trinajstić information content (AvgIpc) is 3.01. The number of imidazole rings is 1. The summed E-state index contributed by atoms with van der Waals surface area (Å²) in [5.74, 6) is 0.990. The van der Waals surface area contributed by atoms with Crippen molar-refractivity contribution < 1.29 is 14.1 Å². The van der Waals surface area contributed by atoms with Crippen molar-refractivity contribution >= 4 is 21.8 Å². The van der Waals surface area contributed by atoms with Gasteiger partial charge in [0.25, 0.3) is 0 Å². The molecule has 1 aromatic carbocycles. The fourth-order valence-corrected chi connectivity index (χ4v) is 3.66. The fourth-order valence-electron chi connectivity index (χ4n) is 2.59. The average molecular weight is 344 g/mol. The second-order valence-corrected chi connectivity index (χ2v) is 6.87. The van der Waals surface area contributed by atoms with Gasteiger partial charge in [0.15, 0.2) is 0 Å². The largest absolute Gasteiger partial charge is 0.496 e. The molecule has 0 bridgehead atoms. The predicted molar refractivity (Wildman–Crippen MR) is 91.4 cm³/mol. The van der Waals surface area contributed by atoms with Crippen LogP contribution in [0.4, 0.5) is 0 Å². The van der Waals surface area contributed by atoms with Crippen LogP contribution in [0.3, 0.4) is 0 Å². The highest BCUT2D eigenvalue weighted by Gasteiger charge is 2.12. The second-order valence-electron chi connectivity index (χ2n) is 5.52. The van der Waals surface area contributed by atoms with Crippen LogP contribution in [0.1, 0.15) is 22.4 Å². The lowest BCUT2D eigenvalue weighted by molar-refractivity contribution is 0.282. The minimum absolute atomic E-state index is 0.0620. The number of fused-ring (bicyclic) bond motifs is 1. The van der Waals surface area contributed by atoms with E-state index in [1.54, 1.807) is 31.5 Å². The maximum atomic E-state index is 12.6. The zero-order valence-corrected chi connectivity index (χ0v) is 14.6. The number of aliphatic hydroxyl groups excluding tert-OH is 1. The first kappa shape index (κ1) is 16.6. The van der Waals surface area contributed by atoms with E-state index in [-0.39, 0.29) is 17.5 Å². The summed E-state index contributed by atoms with van der Waals surface area (Å²) in [6.45, 7) is 3.76. The SMILES string of the molecule is COc1c(C)cnc(CS(=O)c2nc3cc(CO)ccc3[n-]2)c1C. The van der Waals surface area contributed by atoms with Crippen LogP contribution in [0.15, 0.2) is 29.6 Å². The Morgan fingerprint density at radius 3 is 2.83 bits per heavy atom. The van der Waals surface area contributed by atoms with E-state index in [0.717, 1.165) is 22.4 Å².